The van der Waals surface area contributed by atoms with E-state index >= 15 is 0 Å². The third kappa shape index (κ3) is 3.84. The van der Waals surface area contributed by atoms with Gasteiger partial charge in [0.2, 0.25) is 0 Å². The average molecular weight is 288 g/mol. The first-order valence-electron chi connectivity index (χ1n) is 5.07. The maximum absolute atomic E-state index is 4.52. The van der Waals surface area contributed by atoms with Crippen molar-refractivity contribution in [3.63, 3.8) is 0 Å². The van der Waals surface area contributed by atoms with Crippen LogP contribution in [0.3, 0.4) is 0 Å². The molecule has 1 aromatic heterocycles. The molecule has 0 atom stereocenters. The molecule has 0 unspecified atom stereocenters. The van der Waals surface area contributed by atoms with Crippen molar-refractivity contribution in [2.45, 2.75) is 6.54 Å². The van der Waals surface area contributed by atoms with Gasteiger partial charge in [0, 0.05) is 34.4 Å². The lowest BCUT2D eigenvalue weighted by Gasteiger charge is -2.22. The zero-order chi connectivity index (χ0) is 12.1. The number of halogens is 1. The SMILES string of the molecule is CN(C)C(=NCCn1cc(Br)cn1)N(C)C. The highest BCUT2D eigenvalue weighted by Crippen LogP contribution is 2.05. The Balaban J connectivity index is 2.51. The molecule has 5 nitrogen and oxygen atoms in total. The summed E-state index contributed by atoms with van der Waals surface area (Å²) in [7, 11) is 7.96. The standard InChI is InChI=1S/C10H18BrN5/c1-14(2)10(15(3)4)12-5-6-16-8-9(11)7-13-16/h7-8H,5-6H2,1-4H3. The minimum atomic E-state index is 0.722. The smallest absolute Gasteiger partial charge is 0.195 e. The lowest BCUT2D eigenvalue weighted by Crippen LogP contribution is -2.35. The van der Waals surface area contributed by atoms with Crippen LogP contribution in [0.1, 0.15) is 0 Å². The van der Waals surface area contributed by atoms with Gasteiger partial charge >= 0.3 is 0 Å². The fourth-order valence-corrected chi connectivity index (χ4v) is 1.72. The molecule has 0 aliphatic heterocycles. The number of aromatic nitrogens is 2. The zero-order valence-electron chi connectivity index (χ0n) is 10.2. The quantitative estimate of drug-likeness (QED) is 0.618. The van der Waals surface area contributed by atoms with Crippen molar-refractivity contribution in [3.8, 4) is 0 Å². The van der Waals surface area contributed by atoms with E-state index in [4.69, 9.17) is 0 Å². The van der Waals surface area contributed by atoms with Gasteiger partial charge in [-0.25, -0.2) is 0 Å². The predicted molar refractivity (Wildman–Crippen MR) is 69.6 cm³/mol. The first-order chi connectivity index (χ1) is 7.50. The Morgan fingerprint density at radius 2 is 2.00 bits per heavy atom. The normalized spacial score (nSPS) is 10.1. The minimum Gasteiger partial charge on any atom is -0.349 e. The molecule has 0 amide bonds. The summed E-state index contributed by atoms with van der Waals surface area (Å²) in [6.45, 7) is 1.51. The van der Waals surface area contributed by atoms with Crippen molar-refractivity contribution in [1.29, 1.82) is 0 Å². The second kappa shape index (κ2) is 5.89. The van der Waals surface area contributed by atoms with E-state index in [0.717, 1.165) is 23.5 Å². The summed E-state index contributed by atoms with van der Waals surface area (Å²) >= 11 is 3.36. The number of rotatable bonds is 3. The molecule has 1 aromatic rings. The maximum atomic E-state index is 4.52. The van der Waals surface area contributed by atoms with Crippen molar-refractivity contribution in [3.05, 3.63) is 16.9 Å². The molecule has 0 saturated carbocycles. The largest absolute Gasteiger partial charge is 0.349 e. The molecule has 0 fully saturated rings. The van der Waals surface area contributed by atoms with E-state index in [1.807, 2.05) is 48.9 Å². The summed E-state index contributed by atoms with van der Waals surface area (Å²) in [6, 6.07) is 0. The first kappa shape index (κ1) is 13.0. The lowest BCUT2D eigenvalue weighted by atomic mass is 10.6. The molecule has 0 radical (unpaired) electrons. The Hall–Kier alpha value is -1.04. The van der Waals surface area contributed by atoms with Crippen LogP contribution in [-0.4, -0.2) is 60.3 Å². The fourth-order valence-electron chi connectivity index (χ4n) is 1.40. The van der Waals surface area contributed by atoms with Crippen LogP contribution >= 0.6 is 15.9 Å². The third-order valence-corrected chi connectivity index (χ3v) is 2.39. The van der Waals surface area contributed by atoms with Crippen molar-refractivity contribution in [2.75, 3.05) is 34.7 Å². The molecule has 16 heavy (non-hydrogen) atoms. The maximum Gasteiger partial charge on any atom is 0.195 e. The van der Waals surface area contributed by atoms with Gasteiger partial charge in [-0.3, -0.25) is 9.67 Å². The van der Waals surface area contributed by atoms with Gasteiger partial charge in [0.15, 0.2) is 5.96 Å². The first-order valence-corrected chi connectivity index (χ1v) is 5.87. The van der Waals surface area contributed by atoms with Gasteiger partial charge in [-0.05, 0) is 15.9 Å². The van der Waals surface area contributed by atoms with Crippen molar-refractivity contribution in [1.82, 2.24) is 19.6 Å². The Bertz CT molecular complexity index is 346. The van der Waals surface area contributed by atoms with E-state index in [1.54, 1.807) is 6.20 Å². The van der Waals surface area contributed by atoms with Crippen LogP contribution in [0.25, 0.3) is 0 Å². The molecule has 0 saturated heterocycles. The van der Waals surface area contributed by atoms with Gasteiger partial charge in [0.1, 0.15) is 0 Å². The molecule has 0 N–H and O–H groups in total. The van der Waals surface area contributed by atoms with Crippen molar-refractivity contribution in [2.24, 2.45) is 4.99 Å². The van der Waals surface area contributed by atoms with Crippen LogP contribution in [0.2, 0.25) is 0 Å². The molecule has 0 spiro atoms. The van der Waals surface area contributed by atoms with Crippen LogP contribution in [0.15, 0.2) is 21.9 Å². The molecule has 0 aliphatic rings. The van der Waals surface area contributed by atoms with Gasteiger partial charge in [0.05, 0.1) is 23.8 Å². The van der Waals surface area contributed by atoms with E-state index in [9.17, 15) is 0 Å². The number of aliphatic imine (C=N–C) groups is 1. The summed E-state index contributed by atoms with van der Waals surface area (Å²) in [5, 5.41) is 4.18. The van der Waals surface area contributed by atoms with Crippen molar-refractivity contribution < 1.29 is 0 Å². The van der Waals surface area contributed by atoms with Gasteiger partial charge in [-0.1, -0.05) is 0 Å². The Labute approximate surface area is 105 Å². The minimum absolute atomic E-state index is 0.722. The van der Waals surface area contributed by atoms with Gasteiger partial charge in [-0.2, -0.15) is 5.10 Å². The molecule has 90 valence electrons. The van der Waals surface area contributed by atoms with Crippen molar-refractivity contribution >= 4 is 21.9 Å². The zero-order valence-corrected chi connectivity index (χ0v) is 11.8. The summed E-state index contributed by atoms with van der Waals surface area (Å²) in [6.07, 6.45) is 3.73. The van der Waals surface area contributed by atoms with Gasteiger partial charge < -0.3 is 9.80 Å². The number of guanidine groups is 1. The van der Waals surface area contributed by atoms with Gasteiger partial charge in [0.25, 0.3) is 0 Å². The second-order valence-electron chi connectivity index (χ2n) is 3.89. The number of hydrogen-bond donors (Lipinski definition) is 0. The molecule has 0 aliphatic carbocycles. The van der Waals surface area contributed by atoms with Crippen LogP contribution in [-0.2, 0) is 6.54 Å². The monoisotopic (exact) mass is 287 g/mol. The fraction of sp³-hybridized carbons (Fsp3) is 0.600. The summed E-state index contributed by atoms with van der Waals surface area (Å²) in [5.74, 6) is 0.964. The molecule has 0 bridgehead atoms. The Morgan fingerprint density at radius 3 is 2.44 bits per heavy atom. The highest BCUT2D eigenvalue weighted by molar-refractivity contribution is 9.10. The summed E-state index contributed by atoms with van der Waals surface area (Å²) < 4.78 is 2.87. The highest BCUT2D eigenvalue weighted by atomic mass is 79.9. The van der Waals surface area contributed by atoms with Gasteiger partial charge in [-0.15, -0.1) is 0 Å². The summed E-state index contributed by atoms with van der Waals surface area (Å²) in [5.41, 5.74) is 0. The van der Waals surface area contributed by atoms with E-state index < -0.39 is 0 Å². The third-order valence-electron chi connectivity index (χ3n) is 1.98. The second-order valence-corrected chi connectivity index (χ2v) is 4.81. The molecular weight excluding hydrogens is 270 g/mol. The van der Waals surface area contributed by atoms with Crippen LogP contribution in [0.5, 0.6) is 0 Å². The van der Waals surface area contributed by atoms with E-state index in [-0.39, 0.29) is 0 Å². The number of nitrogens with zero attached hydrogens (tertiary/aromatic N) is 5. The van der Waals surface area contributed by atoms with Crippen LogP contribution in [0, 0.1) is 0 Å². The summed E-state index contributed by atoms with van der Waals surface area (Å²) in [4.78, 5) is 8.52. The molecule has 6 heteroatoms. The Morgan fingerprint density at radius 1 is 1.38 bits per heavy atom. The van der Waals surface area contributed by atoms with E-state index in [0.29, 0.717) is 0 Å². The Kier molecular flexibility index (Phi) is 4.79. The highest BCUT2D eigenvalue weighted by Gasteiger charge is 2.03. The number of hydrogen-bond acceptors (Lipinski definition) is 2. The molecule has 1 heterocycles. The predicted octanol–water partition coefficient (Wildman–Crippen LogP) is 1.12. The topological polar surface area (TPSA) is 36.7 Å². The molecule has 1 rings (SSSR count). The van der Waals surface area contributed by atoms with Crippen LogP contribution < -0.4 is 0 Å². The molecular formula is C10H18BrN5. The van der Waals surface area contributed by atoms with E-state index in [1.165, 1.54) is 0 Å². The van der Waals surface area contributed by atoms with E-state index in [2.05, 4.69) is 26.0 Å². The lowest BCUT2D eigenvalue weighted by molar-refractivity contribution is 0.476. The van der Waals surface area contributed by atoms with Crippen LogP contribution in [0.4, 0.5) is 0 Å². The molecule has 0 aromatic carbocycles. The average Bonchev–Trinajstić information content (AvgIpc) is 2.57.